The van der Waals surface area contributed by atoms with E-state index in [1.807, 2.05) is 42.2 Å². The van der Waals surface area contributed by atoms with E-state index in [4.69, 9.17) is 4.74 Å². The molecular weight excluding hydrogens is 335 g/mol. The Balaban J connectivity index is 1.85. The van der Waals surface area contributed by atoms with Crippen LogP contribution in [0.2, 0.25) is 0 Å². The summed E-state index contributed by atoms with van der Waals surface area (Å²) in [6.45, 7) is 7.15. The Kier molecular flexibility index (Phi) is 4.78. The van der Waals surface area contributed by atoms with Gasteiger partial charge in [0, 0.05) is 18.0 Å². The van der Waals surface area contributed by atoms with Crippen LogP contribution in [0.3, 0.4) is 0 Å². The number of likely N-dealkylation sites (tertiary alicyclic amines) is 1. The highest BCUT2D eigenvalue weighted by Gasteiger charge is 2.70. The summed E-state index contributed by atoms with van der Waals surface area (Å²) in [5, 5.41) is 13.9. The molecule has 4 atom stereocenters. The van der Waals surface area contributed by atoms with Gasteiger partial charge in [0.05, 0.1) is 12.2 Å². The van der Waals surface area contributed by atoms with Gasteiger partial charge in [-0.25, -0.2) is 4.79 Å². The van der Waals surface area contributed by atoms with Crippen LogP contribution in [0, 0.1) is 5.41 Å². The van der Waals surface area contributed by atoms with E-state index in [-0.39, 0.29) is 6.04 Å². The van der Waals surface area contributed by atoms with E-state index in [0.717, 1.165) is 5.56 Å². The number of aliphatic hydroxyl groups is 1. The Bertz CT molecular complexity index is 659. The van der Waals surface area contributed by atoms with Crippen molar-refractivity contribution in [1.29, 1.82) is 0 Å². The molecule has 0 bridgehead atoms. The minimum absolute atomic E-state index is 0.0856. The number of nitrogens with one attached hydrogen (secondary N) is 1. The monoisotopic (exact) mass is 364 g/mol. The number of nitrogens with zero attached hydrogens (tertiary/aromatic N) is 1. The van der Waals surface area contributed by atoms with Gasteiger partial charge in [-0.3, -0.25) is 9.29 Å². The molecule has 144 valence electrons. The number of carbonyl (C=O) groups excluding carboxylic acids is 1. The summed E-state index contributed by atoms with van der Waals surface area (Å²) in [7, 11) is 0. The Hall–Kier alpha value is -1.66. The van der Waals surface area contributed by atoms with Gasteiger partial charge in [-0.1, -0.05) is 30.3 Å². The molecule has 1 aliphatic heterocycles. The zero-order valence-electron chi connectivity index (χ0n) is 16.0. The van der Waals surface area contributed by atoms with Crippen LogP contribution in [-0.2, 0) is 4.74 Å². The highest BCUT2D eigenvalue weighted by molar-refractivity contribution is 5.69. The number of ether oxygens (including phenoxy) is 1. The number of carbonyl (C=O) groups is 1. The van der Waals surface area contributed by atoms with Crippen molar-refractivity contribution >= 4 is 6.09 Å². The second kappa shape index (κ2) is 6.50. The van der Waals surface area contributed by atoms with Gasteiger partial charge in [0.15, 0.2) is 0 Å². The van der Waals surface area contributed by atoms with E-state index in [0.29, 0.717) is 19.4 Å². The SMILES string of the molecule is C[C@H](c1ccccc1)N1CC2(CF)CCC2(NC(=O)OC(C)(C)C)C1O. The highest BCUT2D eigenvalue weighted by atomic mass is 19.1. The number of rotatable bonds is 4. The van der Waals surface area contributed by atoms with E-state index in [9.17, 15) is 14.3 Å². The number of alkyl halides is 1. The summed E-state index contributed by atoms with van der Waals surface area (Å²) in [4.78, 5) is 14.3. The normalized spacial score (nSPS) is 32.5. The van der Waals surface area contributed by atoms with Crippen molar-refractivity contribution in [1.82, 2.24) is 10.2 Å². The molecule has 1 heterocycles. The number of alkyl carbamates (subject to hydrolysis) is 1. The molecule has 2 N–H and O–H groups in total. The zero-order chi connectivity index (χ0) is 19.2. The standard InChI is InChI=1S/C20H29FN2O3/c1-14(15-8-6-5-7-9-15)23-13-19(12-21)10-11-20(19,16(23)24)22-17(25)26-18(2,3)4/h5-9,14,16,24H,10-13H2,1-4H3,(H,22,25)/t14-,16?,19?,20?/m1/s1. The molecule has 0 radical (unpaired) electrons. The molecule has 1 aliphatic carbocycles. The molecule has 1 amide bonds. The number of amides is 1. The molecule has 1 saturated heterocycles. The maximum atomic E-state index is 14.1. The fourth-order valence-electron chi connectivity index (χ4n) is 4.34. The Morgan fingerprint density at radius 1 is 1.38 bits per heavy atom. The molecule has 0 spiro atoms. The van der Waals surface area contributed by atoms with Crippen molar-refractivity contribution in [3.8, 4) is 0 Å². The van der Waals surface area contributed by atoms with Crippen molar-refractivity contribution in [3.63, 3.8) is 0 Å². The van der Waals surface area contributed by atoms with E-state index < -0.39 is 35.6 Å². The first-order valence-corrected chi connectivity index (χ1v) is 9.20. The smallest absolute Gasteiger partial charge is 0.408 e. The predicted molar refractivity (Wildman–Crippen MR) is 97.3 cm³/mol. The third-order valence-electron chi connectivity index (χ3n) is 5.94. The van der Waals surface area contributed by atoms with Crippen LogP contribution in [-0.4, -0.2) is 46.7 Å². The molecule has 2 aliphatic rings. The fourth-order valence-corrected chi connectivity index (χ4v) is 4.34. The lowest BCUT2D eigenvalue weighted by Gasteiger charge is -2.54. The lowest BCUT2D eigenvalue weighted by Crippen LogP contribution is -2.71. The molecule has 1 saturated carbocycles. The van der Waals surface area contributed by atoms with Crippen LogP contribution in [0.15, 0.2) is 30.3 Å². The Morgan fingerprint density at radius 3 is 2.54 bits per heavy atom. The van der Waals surface area contributed by atoms with Gasteiger partial charge in [0.2, 0.25) is 0 Å². The minimum Gasteiger partial charge on any atom is -0.444 e. The fraction of sp³-hybridized carbons (Fsp3) is 0.650. The molecule has 0 aromatic heterocycles. The van der Waals surface area contributed by atoms with Crippen LogP contribution >= 0.6 is 0 Å². The predicted octanol–water partition coefficient (Wildman–Crippen LogP) is 3.39. The number of aliphatic hydroxyl groups excluding tert-OH is 1. The number of hydrogen-bond donors (Lipinski definition) is 2. The van der Waals surface area contributed by atoms with Gasteiger partial charge in [-0.2, -0.15) is 0 Å². The van der Waals surface area contributed by atoms with Crippen molar-refractivity contribution in [2.45, 2.75) is 63.9 Å². The first-order chi connectivity index (χ1) is 12.1. The molecule has 1 aromatic carbocycles. The molecular formula is C20H29FN2O3. The second-order valence-corrected chi connectivity index (χ2v) is 8.64. The number of hydrogen-bond acceptors (Lipinski definition) is 4. The summed E-state index contributed by atoms with van der Waals surface area (Å²) < 4.78 is 19.5. The number of benzene rings is 1. The molecule has 6 heteroatoms. The van der Waals surface area contributed by atoms with Crippen LogP contribution in [0.5, 0.6) is 0 Å². The molecule has 3 unspecified atom stereocenters. The van der Waals surface area contributed by atoms with Crippen LogP contribution in [0.4, 0.5) is 9.18 Å². The molecule has 2 fully saturated rings. The van der Waals surface area contributed by atoms with Crippen molar-refractivity contribution in [3.05, 3.63) is 35.9 Å². The van der Waals surface area contributed by atoms with E-state index in [1.54, 1.807) is 20.8 Å². The summed E-state index contributed by atoms with van der Waals surface area (Å²) >= 11 is 0. The molecule has 26 heavy (non-hydrogen) atoms. The first-order valence-electron chi connectivity index (χ1n) is 9.20. The van der Waals surface area contributed by atoms with Crippen LogP contribution < -0.4 is 5.32 Å². The second-order valence-electron chi connectivity index (χ2n) is 8.64. The van der Waals surface area contributed by atoms with Gasteiger partial charge in [0.25, 0.3) is 0 Å². The lowest BCUT2D eigenvalue weighted by molar-refractivity contribution is -0.0954. The van der Waals surface area contributed by atoms with Gasteiger partial charge in [-0.15, -0.1) is 0 Å². The summed E-state index contributed by atoms with van der Waals surface area (Å²) in [6.07, 6.45) is -0.401. The van der Waals surface area contributed by atoms with Gasteiger partial charge in [-0.05, 0) is 46.1 Å². The highest BCUT2D eigenvalue weighted by Crippen LogP contribution is 2.59. The third-order valence-corrected chi connectivity index (χ3v) is 5.94. The third kappa shape index (κ3) is 2.99. The topological polar surface area (TPSA) is 61.8 Å². The van der Waals surface area contributed by atoms with Gasteiger partial charge >= 0.3 is 6.09 Å². The quantitative estimate of drug-likeness (QED) is 0.860. The van der Waals surface area contributed by atoms with Crippen LogP contribution in [0.25, 0.3) is 0 Å². The Labute approximate surface area is 154 Å². The van der Waals surface area contributed by atoms with Gasteiger partial charge in [0.1, 0.15) is 11.8 Å². The lowest BCUT2D eigenvalue weighted by atomic mass is 9.56. The summed E-state index contributed by atoms with van der Waals surface area (Å²) in [5.41, 5.74) is -1.38. The summed E-state index contributed by atoms with van der Waals surface area (Å²) in [5.74, 6) is 0. The maximum absolute atomic E-state index is 14.1. The molecule has 1 aromatic rings. The average molecular weight is 364 g/mol. The van der Waals surface area contributed by atoms with E-state index in [1.165, 1.54) is 0 Å². The first kappa shape index (κ1) is 19.1. The van der Waals surface area contributed by atoms with Crippen LogP contribution in [0.1, 0.15) is 52.1 Å². The Morgan fingerprint density at radius 2 is 2.04 bits per heavy atom. The number of fused-ring (bicyclic) bond motifs is 1. The number of halogens is 1. The summed E-state index contributed by atoms with van der Waals surface area (Å²) in [6, 6.07) is 9.74. The largest absolute Gasteiger partial charge is 0.444 e. The average Bonchev–Trinajstić information content (AvgIpc) is 2.72. The van der Waals surface area contributed by atoms with E-state index in [2.05, 4.69) is 5.32 Å². The maximum Gasteiger partial charge on any atom is 0.408 e. The van der Waals surface area contributed by atoms with Crippen molar-refractivity contribution in [2.75, 3.05) is 13.2 Å². The van der Waals surface area contributed by atoms with Crippen molar-refractivity contribution in [2.24, 2.45) is 5.41 Å². The van der Waals surface area contributed by atoms with E-state index >= 15 is 0 Å². The zero-order valence-corrected chi connectivity index (χ0v) is 16.0. The molecule has 5 nitrogen and oxygen atoms in total. The minimum atomic E-state index is -1.01. The van der Waals surface area contributed by atoms with Crippen molar-refractivity contribution < 1.29 is 19.0 Å². The van der Waals surface area contributed by atoms with Gasteiger partial charge < -0.3 is 15.2 Å². The molecule has 3 rings (SSSR count).